The second-order valence-electron chi connectivity index (χ2n) is 8.32. The standard InChI is InChI=1S/C27H20N4O6S/c1-2-33-20-10-14(5-8-18(20)36-27(32)21-4-3-9-38-21)22-16(12-28)25(29)37-26-23(22)24(30-31-26)15-6-7-17-19(11-15)35-13-34-17/h3-11,22H,2,13,29H2,1H3,(H,30,31)/t22-/m0/s1. The van der Waals surface area contributed by atoms with Crippen LogP contribution in [0.25, 0.3) is 11.3 Å². The largest absolute Gasteiger partial charge is 0.490 e. The van der Waals surface area contributed by atoms with E-state index in [2.05, 4.69) is 16.3 Å². The van der Waals surface area contributed by atoms with Crippen molar-refractivity contribution >= 4 is 17.3 Å². The smallest absolute Gasteiger partial charge is 0.353 e. The van der Waals surface area contributed by atoms with E-state index in [1.165, 1.54) is 11.3 Å². The summed E-state index contributed by atoms with van der Waals surface area (Å²) in [6.07, 6.45) is 0. The summed E-state index contributed by atoms with van der Waals surface area (Å²) >= 11 is 1.29. The maximum absolute atomic E-state index is 12.6. The van der Waals surface area contributed by atoms with E-state index in [4.69, 9.17) is 29.4 Å². The maximum Gasteiger partial charge on any atom is 0.353 e. The summed E-state index contributed by atoms with van der Waals surface area (Å²) in [6, 6.07) is 16.3. The highest BCUT2D eigenvalue weighted by Gasteiger charge is 2.36. The maximum atomic E-state index is 12.6. The zero-order valence-corrected chi connectivity index (χ0v) is 20.8. The number of aromatic nitrogens is 2. The molecule has 0 radical (unpaired) electrons. The summed E-state index contributed by atoms with van der Waals surface area (Å²) in [5.41, 5.74) is 9.06. The van der Waals surface area contributed by atoms with E-state index >= 15 is 0 Å². The predicted octanol–water partition coefficient (Wildman–Crippen LogP) is 4.70. The van der Waals surface area contributed by atoms with Crippen LogP contribution in [0.3, 0.4) is 0 Å². The van der Waals surface area contributed by atoms with Gasteiger partial charge >= 0.3 is 5.97 Å². The van der Waals surface area contributed by atoms with Gasteiger partial charge in [-0.05, 0) is 54.3 Å². The Hall–Kier alpha value is -4.95. The van der Waals surface area contributed by atoms with E-state index in [-0.39, 0.29) is 29.9 Å². The van der Waals surface area contributed by atoms with Crippen molar-refractivity contribution in [3.8, 4) is 46.2 Å². The Labute approximate surface area is 220 Å². The molecule has 0 spiro atoms. The van der Waals surface area contributed by atoms with Gasteiger partial charge in [-0.25, -0.2) is 4.79 Å². The number of hydrogen-bond donors (Lipinski definition) is 2. The molecule has 0 saturated carbocycles. The van der Waals surface area contributed by atoms with Crippen LogP contribution in [0.4, 0.5) is 0 Å². The molecule has 0 bridgehead atoms. The number of thiophene rings is 1. The van der Waals surface area contributed by atoms with Gasteiger partial charge < -0.3 is 29.4 Å². The zero-order valence-electron chi connectivity index (χ0n) is 20.0. The molecule has 0 amide bonds. The van der Waals surface area contributed by atoms with Crippen LogP contribution in [-0.2, 0) is 0 Å². The summed E-state index contributed by atoms with van der Waals surface area (Å²) in [4.78, 5) is 13.1. The molecule has 10 nitrogen and oxygen atoms in total. The molecule has 190 valence electrons. The molecule has 4 heterocycles. The van der Waals surface area contributed by atoms with E-state index in [1.807, 2.05) is 25.1 Å². The highest BCUT2D eigenvalue weighted by molar-refractivity contribution is 7.12. The number of nitrogens with two attached hydrogens (primary N) is 1. The summed E-state index contributed by atoms with van der Waals surface area (Å²) < 4.78 is 28.1. The summed E-state index contributed by atoms with van der Waals surface area (Å²) in [6.45, 7) is 2.31. The van der Waals surface area contributed by atoms with Gasteiger partial charge in [-0.2, -0.15) is 5.26 Å². The first-order valence-electron chi connectivity index (χ1n) is 11.7. The van der Waals surface area contributed by atoms with Crippen molar-refractivity contribution in [1.82, 2.24) is 10.2 Å². The number of benzene rings is 2. The number of nitrogens with one attached hydrogen (secondary N) is 1. The lowest BCUT2D eigenvalue weighted by molar-refractivity contribution is 0.0733. The number of carbonyl (C=O) groups is 1. The Morgan fingerprint density at radius 1 is 1.21 bits per heavy atom. The van der Waals surface area contributed by atoms with Gasteiger partial charge in [-0.3, -0.25) is 5.10 Å². The number of aromatic amines is 1. The first-order chi connectivity index (χ1) is 18.6. The number of nitriles is 1. The molecular weight excluding hydrogens is 508 g/mol. The SMILES string of the molecule is CCOc1cc([C@H]2C(C#N)=C(N)Oc3n[nH]c(-c4ccc5c(c4)OCO5)c32)ccc1OC(=O)c1cccs1. The summed E-state index contributed by atoms with van der Waals surface area (Å²) in [5, 5.41) is 19.2. The Morgan fingerprint density at radius 2 is 2.08 bits per heavy atom. The molecule has 0 saturated heterocycles. The average molecular weight is 529 g/mol. The fourth-order valence-corrected chi connectivity index (χ4v) is 5.05. The van der Waals surface area contributed by atoms with Gasteiger partial charge in [-0.1, -0.05) is 12.1 Å². The lowest BCUT2D eigenvalue weighted by atomic mass is 9.83. The molecule has 6 rings (SSSR count). The van der Waals surface area contributed by atoms with Crippen LogP contribution in [0.5, 0.6) is 28.9 Å². The number of nitrogens with zero attached hydrogens (tertiary/aromatic N) is 2. The molecule has 1 atom stereocenters. The topological polar surface area (TPSA) is 142 Å². The van der Waals surface area contributed by atoms with E-state index < -0.39 is 11.9 Å². The molecule has 38 heavy (non-hydrogen) atoms. The number of fused-ring (bicyclic) bond motifs is 2. The number of ether oxygens (including phenoxy) is 5. The molecule has 2 aromatic carbocycles. The number of carbonyl (C=O) groups excluding carboxylic acids is 1. The Kier molecular flexibility index (Phi) is 5.86. The minimum Gasteiger partial charge on any atom is -0.490 e. The van der Waals surface area contributed by atoms with Crippen molar-refractivity contribution in [3.05, 3.63) is 81.4 Å². The van der Waals surface area contributed by atoms with Gasteiger partial charge in [0.15, 0.2) is 23.0 Å². The molecule has 11 heteroatoms. The first-order valence-corrected chi connectivity index (χ1v) is 12.5. The van der Waals surface area contributed by atoms with Crippen molar-refractivity contribution in [1.29, 1.82) is 5.26 Å². The lowest BCUT2D eigenvalue weighted by Gasteiger charge is -2.25. The van der Waals surface area contributed by atoms with Crippen LogP contribution in [0.15, 0.2) is 65.4 Å². The highest BCUT2D eigenvalue weighted by atomic mass is 32.1. The van der Waals surface area contributed by atoms with Crippen LogP contribution < -0.4 is 29.4 Å². The fraction of sp³-hybridized carbons (Fsp3) is 0.148. The van der Waals surface area contributed by atoms with Crippen molar-refractivity contribution in [2.75, 3.05) is 13.4 Å². The quantitative estimate of drug-likeness (QED) is 0.269. The van der Waals surface area contributed by atoms with Crippen molar-refractivity contribution < 1.29 is 28.5 Å². The minimum absolute atomic E-state index is 0.0418. The number of rotatable bonds is 6. The van der Waals surface area contributed by atoms with E-state index in [1.54, 1.807) is 35.7 Å². The van der Waals surface area contributed by atoms with Crippen LogP contribution in [0.2, 0.25) is 0 Å². The molecule has 0 unspecified atom stereocenters. The van der Waals surface area contributed by atoms with Crippen LogP contribution >= 0.6 is 11.3 Å². The van der Waals surface area contributed by atoms with Gasteiger partial charge in [0, 0.05) is 5.56 Å². The summed E-state index contributed by atoms with van der Waals surface area (Å²) in [5.74, 6) is 0.959. The van der Waals surface area contributed by atoms with Crippen molar-refractivity contribution in [3.63, 3.8) is 0 Å². The third kappa shape index (κ3) is 3.97. The predicted molar refractivity (Wildman–Crippen MR) is 136 cm³/mol. The Bertz CT molecular complexity index is 1620. The van der Waals surface area contributed by atoms with Gasteiger partial charge in [0.2, 0.25) is 18.6 Å². The third-order valence-corrected chi connectivity index (χ3v) is 6.98. The molecule has 3 N–H and O–H groups in total. The number of H-pyrrole nitrogens is 1. The minimum atomic E-state index is -0.635. The van der Waals surface area contributed by atoms with Gasteiger partial charge in [0.1, 0.15) is 16.5 Å². The monoisotopic (exact) mass is 528 g/mol. The highest BCUT2D eigenvalue weighted by Crippen LogP contribution is 2.48. The Morgan fingerprint density at radius 3 is 2.87 bits per heavy atom. The number of allylic oxidation sites excluding steroid dienone is 1. The fourth-order valence-electron chi connectivity index (χ4n) is 4.45. The molecule has 4 aromatic rings. The van der Waals surface area contributed by atoms with Gasteiger partial charge in [-0.15, -0.1) is 16.4 Å². The normalized spacial score (nSPS) is 15.4. The van der Waals surface area contributed by atoms with Crippen LogP contribution in [0, 0.1) is 11.3 Å². The van der Waals surface area contributed by atoms with Crippen molar-refractivity contribution in [2.24, 2.45) is 5.73 Å². The summed E-state index contributed by atoms with van der Waals surface area (Å²) in [7, 11) is 0. The molecule has 0 fully saturated rings. The lowest BCUT2D eigenvalue weighted by Crippen LogP contribution is -2.21. The van der Waals surface area contributed by atoms with Gasteiger partial charge in [0.25, 0.3) is 0 Å². The first kappa shape index (κ1) is 23.4. The van der Waals surface area contributed by atoms with Crippen LogP contribution in [-0.4, -0.2) is 29.6 Å². The molecular formula is C27H20N4O6S. The second-order valence-corrected chi connectivity index (χ2v) is 9.26. The molecule has 2 aliphatic heterocycles. The van der Waals surface area contributed by atoms with E-state index in [0.717, 1.165) is 5.56 Å². The van der Waals surface area contributed by atoms with Crippen LogP contribution in [0.1, 0.15) is 33.6 Å². The zero-order chi connectivity index (χ0) is 26.2. The average Bonchev–Trinajstić information content (AvgIpc) is 3.69. The van der Waals surface area contributed by atoms with E-state index in [9.17, 15) is 10.1 Å². The van der Waals surface area contributed by atoms with E-state index in [0.29, 0.717) is 45.6 Å². The third-order valence-electron chi connectivity index (χ3n) is 6.13. The van der Waals surface area contributed by atoms with Gasteiger partial charge in [0.05, 0.1) is 23.8 Å². The number of hydrogen-bond acceptors (Lipinski definition) is 10. The molecule has 2 aliphatic rings. The molecule has 2 aromatic heterocycles. The number of esters is 1. The van der Waals surface area contributed by atoms with Crippen molar-refractivity contribution in [2.45, 2.75) is 12.8 Å². The molecule has 0 aliphatic carbocycles. The Balaban J connectivity index is 1.44. The second kappa shape index (κ2) is 9.49.